The fourth-order valence-electron chi connectivity index (χ4n) is 1.97. The molecule has 1 heterocycles. The molecule has 0 amide bonds. The summed E-state index contributed by atoms with van der Waals surface area (Å²) in [6.45, 7) is 0.741. The highest BCUT2D eigenvalue weighted by atomic mass is 127. The van der Waals surface area contributed by atoms with Gasteiger partial charge < -0.3 is 5.32 Å². The Bertz CT molecular complexity index is 692. The van der Waals surface area contributed by atoms with Gasteiger partial charge in [-0.3, -0.25) is 4.98 Å². The van der Waals surface area contributed by atoms with E-state index < -0.39 is 0 Å². The molecule has 2 nitrogen and oxygen atoms in total. The number of benzene rings is 2. The van der Waals surface area contributed by atoms with E-state index in [1.54, 1.807) is 0 Å². The zero-order valence-electron chi connectivity index (χ0n) is 10.3. The predicted molar refractivity (Wildman–Crippen MR) is 88.2 cm³/mol. The van der Waals surface area contributed by atoms with Gasteiger partial charge in [-0.1, -0.05) is 24.3 Å². The molecule has 0 unspecified atom stereocenters. The van der Waals surface area contributed by atoms with E-state index in [2.05, 4.69) is 75.4 Å². The molecule has 1 N–H and O–H groups in total. The number of aromatic nitrogens is 1. The fraction of sp³-hybridized carbons (Fsp3) is 0.0625. The van der Waals surface area contributed by atoms with Crippen molar-refractivity contribution in [3.8, 4) is 0 Å². The van der Waals surface area contributed by atoms with Gasteiger partial charge in [-0.25, -0.2) is 0 Å². The van der Waals surface area contributed by atoms with Gasteiger partial charge in [0.2, 0.25) is 0 Å². The molecule has 0 spiro atoms. The topological polar surface area (TPSA) is 24.9 Å². The zero-order chi connectivity index (χ0) is 13.1. The molecular formula is C16H13IN2. The first-order chi connectivity index (χ1) is 9.31. The number of nitrogens with one attached hydrogen (secondary N) is 1. The molecule has 0 saturated carbocycles. The van der Waals surface area contributed by atoms with Crippen LogP contribution in [0.25, 0.3) is 10.9 Å². The van der Waals surface area contributed by atoms with Crippen molar-refractivity contribution < 1.29 is 0 Å². The Morgan fingerprint density at radius 1 is 0.895 bits per heavy atom. The molecule has 1 aromatic heterocycles. The molecule has 94 valence electrons. The highest BCUT2D eigenvalue weighted by Crippen LogP contribution is 2.14. The highest BCUT2D eigenvalue weighted by molar-refractivity contribution is 14.1. The lowest BCUT2D eigenvalue weighted by atomic mass is 10.2. The highest BCUT2D eigenvalue weighted by Gasteiger charge is 1.98. The molecule has 0 atom stereocenters. The van der Waals surface area contributed by atoms with Crippen LogP contribution in [0.4, 0.5) is 5.69 Å². The van der Waals surface area contributed by atoms with E-state index in [0.717, 1.165) is 23.4 Å². The number of hydrogen-bond acceptors (Lipinski definition) is 2. The average molecular weight is 360 g/mol. The van der Waals surface area contributed by atoms with Crippen LogP contribution in [-0.4, -0.2) is 4.98 Å². The molecule has 2 aromatic carbocycles. The lowest BCUT2D eigenvalue weighted by Gasteiger charge is -2.07. The van der Waals surface area contributed by atoms with E-state index in [4.69, 9.17) is 0 Å². The molecule has 0 radical (unpaired) electrons. The monoisotopic (exact) mass is 360 g/mol. The van der Waals surface area contributed by atoms with Crippen LogP contribution in [0.1, 0.15) is 5.69 Å². The molecule has 0 aliphatic rings. The standard InChI is InChI=1S/C16H13IN2/c17-13-6-9-14(10-7-13)18-11-15-8-5-12-3-1-2-4-16(12)19-15/h1-10,18H,11H2. The average Bonchev–Trinajstić information content (AvgIpc) is 2.46. The van der Waals surface area contributed by atoms with Gasteiger partial charge in [-0.2, -0.15) is 0 Å². The summed E-state index contributed by atoms with van der Waals surface area (Å²) in [5.74, 6) is 0. The first kappa shape index (κ1) is 12.4. The van der Waals surface area contributed by atoms with Crippen molar-refractivity contribution in [1.82, 2.24) is 4.98 Å². The van der Waals surface area contributed by atoms with Gasteiger partial charge in [0.1, 0.15) is 0 Å². The Labute approximate surface area is 126 Å². The lowest BCUT2D eigenvalue weighted by Crippen LogP contribution is -2.01. The quantitative estimate of drug-likeness (QED) is 0.698. The van der Waals surface area contributed by atoms with Crippen LogP contribution in [0.2, 0.25) is 0 Å². The Morgan fingerprint density at radius 2 is 1.68 bits per heavy atom. The second kappa shape index (κ2) is 5.57. The summed E-state index contributed by atoms with van der Waals surface area (Å²) in [4.78, 5) is 4.64. The van der Waals surface area contributed by atoms with Crippen molar-refractivity contribution in [1.29, 1.82) is 0 Å². The first-order valence-corrected chi connectivity index (χ1v) is 7.23. The van der Waals surface area contributed by atoms with Crippen LogP contribution in [-0.2, 0) is 6.54 Å². The van der Waals surface area contributed by atoms with E-state index >= 15 is 0 Å². The van der Waals surface area contributed by atoms with E-state index in [9.17, 15) is 0 Å². The summed E-state index contributed by atoms with van der Waals surface area (Å²) in [5, 5.41) is 4.57. The number of anilines is 1. The molecule has 19 heavy (non-hydrogen) atoms. The zero-order valence-corrected chi connectivity index (χ0v) is 12.5. The van der Waals surface area contributed by atoms with E-state index in [-0.39, 0.29) is 0 Å². The summed E-state index contributed by atoms with van der Waals surface area (Å²) in [6.07, 6.45) is 0. The number of para-hydroxylation sites is 1. The third-order valence-electron chi connectivity index (χ3n) is 2.97. The van der Waals surface area contributed by atoms with Crippen LogP contribution in [0, 0.1) is 3.57 Å². The number of hydrogen-bond donors (Lipinski definition) is 1. The van der Waals surface area contributed by atoms with Crippen LogP contribution >= 0.6 is 22.6 Å². The van der Waals surface area contributed by atoms with Crippen molar-refractivity contribution in [2.24, 2.45) is 0 Å². The van der Waals surface area contributed by atoms with Gasteiger partial charge in [0.05, 0.1) is 17.8 Å². The van der Waals surface area contributed by atoms with Crippen LogP contribution < -0.4 is 5.32 Å². The minimum absolute atomic E-state index is 0.741. The molecule has 3 rings (SSSR count). The normalized spacial score (nSPS) is 10.6. The summed E-state index contributed by atoms with van der Waals surface area (Å²) in [6, 6.07) is 20.7. The Kier molecular flexibility index (Phi) is 3.64. The predicted octanol–water partition coefficient (Wildman–Crippen LogP) is 4.45. The summed E-state index contributed by atoms with van der Waals surface area (Å²) in [7, 11) is 0. The first-order valence-electron chi connectivity index (χ1n) is 6.15. The van der Waals surface area contributed by atoms with Crippen molar-refractivity contribution in [2.75, 3.05) is 5.32 Å². The maximum Gasteiger partial charge on any atom is 0.0706 e. The number of pyridine rings is 1. The SMILES string of the molecule is Ic1ccc(NCc2ccc3ccccc3n2)cc1. The van der Waals surface area contributed by atoms with Crippen LogP contribution in [0.3, 0.4) is 0 Å². The third kappa shape index (κ3) is 3.04. The minimum atomic E-state index is 0.741. The number of nitrogens with zero attached hydrogens (tertiary/aromatic N) is 1. The second-order valence-electron chi connectivity index (χ2n) is 4.36. The number of fused-ring (bicyclic) bond motifs is 1. The maximum atomic E-state index is 4.64. The van der Waals surface area contributed by atoms with E-state index in [1.807, 2.05) is 18.2 Å². The molecule has 3 heteroatoms. The summed E-state index contributed by atoms with van der Waals surface area (Å²) >= 11 is 2.31. The van der Waals surface area contributed by atoms with Gasteiger partial charge >= 0.3 is 0 Å². The Balaban J connectivity index is 1.76. The summed E-state index contributed by atoms with van der Waals surface area (Å²) < 4.78 is 1.24. The molecule has 0 saturated heterocycles. The van der Waals surface area contributed by atoms with Crippen molar-refractivity contribution >= 4 is 39.2 Å². The maximum absolute atomic E-state index is 4.64. The van der Waals surface area contributed by atoms with Crippen LogP contribution in [0.15, 0.2) is 60.7 Å². The van der Waals surface area contributed by atoms with E-state index in [1.165, 1.54) is 8.96 Å². The minimum Gasteiger partial charge on any atom is -0.379 e. The number of halogens is 1. The molecule has 0 fully saturated rings. The molecule has 0 bridgehead atoms. The van der Waals surface area contributed by atoms with Crippen LogP contribution in [0.5, 0.6) is 0 Å². The Hall–Kier alpha value is -1.62. The molecular weight excluding hydrogens is 347 g/mol. The Morgan fingerprint density at radius 3 is 2.53 bits per heavy atom. The van der Waals surface area contributed by atoms with Gasteiger partial charge in [-0.05, 0) is 59.0 Å². The number of rotatable bonds is 3. The van der Waals surface area contributed by atoms with Gasteiger partial charge in [0.25, 0.3) is 0 Å². The summed E-state index contributed by atoms with van der Waals surface area (Å²) in [5.41, 5.74) is 3.22. The van der Waals surface area contributed by atoms with E-state index in [0.29, 0.717) is 0 Å². The van der Waals surface area contributed by atoms with Crippen molar-refractivity contribution in [3.05, 3.63) is 69.9 Å². The van der Waals surface area contributed by atoms with Gasteiger partial charge in [-0.15, -0.1) is 0 Å². The smallest absolute Gasteiger partial charge is 0.0706 e. The van der Waals surface area contributed by atoms with Crippen molar-refractivity contribution in [3.63, 3.8) is 0 Å². The van der Waals surface area contributed by atoms with Gasteiger partial charge in [0, 0.05) is 14.6 Å². The fourth-order valence-corrected chi connectivity index (χ4v) is 2.33. The van der Waals surface area contributed by atoms with Crippen molar-refractivity contribution in [2.45, 2.75) is 6.54 Å². The third-order valence-corrected chi connectivity index (χ3v) is 3.69. The molecule has 0 aliphatic heterocycles. The lowest BCUT2D eigenvalue weighted by molar-refractivity contribution is 1.07. The molecule has 0 aliphatic carbocycles. The molecule has 3 aromatic rings. The largest absolute Gasteiger partial charge is 0.379 e. The van der Waals surface area contributed by atoms with Gasteiger partial charge in [0.15, 0.2) is 0 Å². The second-order valence-corrected chi connectivity index (χ2v) is 5.60.